The molecule has 0 atom stereocenters. The lowest BCUT2D eigenvalue weighted by Gasteiger charge is -2.09. The molecule has 2 aromatic carbocycles. The second-order valence-corrected chi connectivity index (χ2v) is 5.18. The maximum atomic E-state index is 11.0. The van der Waals surface area contributed by atoms with Crippen molar-refractivity contribution in [3.8, 4) is 16.9 Å². The van der Waals surface area contributed by atoms with Gasteiger partial charge in [0.1, 0.15) is 11.4 Å². The number of aromatic nitrogens is 3. The zero-order valence-electron chi connectivity index (χ0n) is 12.5. The standard InChI is InChI=1S/C17H15N3O3/c1-11-3-2-4-13(9-11)16-15(10-21)18-19-20(16)14-7-5-12(6-8-14)17(22)23/h2-9,21H,10H2,1H3,(H,22,23). The van der Waals surface area contributed by atoms with Gasteiger partial charge in [-0.05, 0) is 37.3 Å². The zero-order valence-corrected chi connectivity index (χ0v) is 12.5. The molecule has 6 heteroatoms. The minimum atomic E-state index is -0.981. The van der Waals surface area contributed by atoms with Crippen LogP contribution < -0.4 is 0 Å². The molecule has 0 unspecified atom stereocenters. The van der Waals surface area contributed by atoms with E-state index >= 15 is 0 Å². The summed E-state index contributed by atoms with van der Waals surface area (Å²) in [6.07, 6.45) is 0. The number of aryl methyl sites for hydroxylation is 1. The second kappa shape index (κ2) is 6.02. The van der Waals surface area contributed by atoms with E-state index in [4.69, 9.17) is 5.11 Å². The summed E-state index contributed by atoms with van der Waals surface area (Å²) in [5.41, 5.74) is 4.02. The van der Waals surface area contributed by atoms with Crippen molar-refractivity contribution in [3.63, 3.8) is 0 Å². The fourth-order valence-corrected chi connectivity index (χ4v) is 2.43. The predicted molar refractivity (Wildman–Crippen MR) is 84.4 cm³/mol. The Balaban J connectivity index is 2.13. The number of hydrogen-bond donors (Lipinski definition) is 2. The molecule has 1 aromatic heterocycles. The van der Waals surface area contributed by atoms with Crippen molar-refractivity contribution in [3.05, 3.63) is 65.4 Å². The fraction of sp³-hybridized carbons (Fsp3) is 0.118. The van der Waals surface area contributed by atoms with Crippen LogP contribution in [0.15, 0.2) is 48.5 Å². The largest absolute Gasteiger partial charge is 0.478 e. The Morgan fingerprint density at radius 2 is 1.91 bits per heavy atom. The molecule has 23 heavy (non-hydrogen) atoms. The highest BCUT2D eigenvalue weighted by molar-refractivity contribution is 5.87. The van der Waals surface area contributed by atoms with Gasteiger partial charge in [-0.3, -0.25) is 0 Å². The summed E-state index contributed by atoms with van der Waals surface area (Å²) in [7, 11) is 0. The Morgan fingerprint density at radius 3 is 2.52 bits per heavy atom. The Bertz CT molecular complexity index is 854. The van der Waals surface area contributed by atoms with Crippen molar-refractivity contribution in [2.24, 2.45) is 0 Å². The molecular weight excluding hydrogens is 294 g/mol. The summed E-state index contributed by atoms with van der Waals surface area (Å²) in [4.78, 5) is 11.0. The monoisotopic (exact) mass is 309 g/mol. The molecule has 6 nitrogen and oxygen atoms in total. The number of carboxylic acid groups (broad SMARTS) is 1. The molecule has 3 aromatic rings. The summed E-state index contributed by atoms with van der Waals surface area (Å²) in [6.45, 7) is 1.76. The molecule has 0 aliphatic carbocycles. The first-order valence-corrected chi connectivity index (χ1v) is 7.06. The van der Waals surface area contributed by atoms with Gasteiger partial charge < -0.3 is 10.2 Å². The quantitative estimate of drug-likeness (QED) is 0.772. The Labute approximate surface area is 132 Å². The van der Waals surface area contributed by atoms with E-state index in [1.165, 1.54) is 12.1 Å². The second-order valence-electron chi connectivity index (χ2n) is 5.18. The van der Waals surface area contributed by atoms with Crippen molar-refractivity contribution >= 4 is 5.97 Å². The van der Waals surface area contributed by atoms with Crippen LogP contribution in [-0.4, -0.2) is 31.2 Å². The first-order chi connectivity index (χ1) is 11.1. The van der Waals surface area contributed by atoms with Gasteiger partial charge in [-0.2, -0.15) is 0 Å². The molecule has 0 aliphatic heterocycles. The lowest BCUT2D eigenvalue weighted by molar-refractivity contribution is 0.0697. The van der Waals surface area contributed by atoms with Crippen molar-refractivity contribution in [1.82, 2.24) is 15.0 Å². The van der Waals surface area contributed by atoms with E-state index in [1.54, 1.807) is 16.8 Å². The molecule has 0 fully saturated rings. The minimum Gasteiger partial charge on any atom is -0.478 e. The topological polar surface area (TPSA) is 88.2 Å². The highest BCUT2D eigenvalue weighted by atomic mass is 16.4. The van der Waals surface area contributed by atoms with E-state index in [1.807, 2.05) is 31.2 Å². The first kappa shape index (κ1) is 14.9. The van der Waals surface area contributed by atoms with E-state index in [2.05, 4.69) is 10.3 Å². The van der Waals surface area contributed by atoms with Gasteiger partial charge in [-0.15, -0.1) is 5.10 Å². The van der Waals surface area contributed by atoms with Crippen LogP contribution in [-0.2, 0) is 6.61 Å². The molecule has 0 amide bonds. The average molecular weight is 309 g/mol. The average Bonchev–Trinajstić information content (AvgIpc) is 2.99. The third-order valence-corrected chi connectivity index (χ3v) is 3.54. The van der Waals surface area contributed by atoms with E-state index in [0.29, 0.717) is 17.1 Å². The van der Waals surface area contributed by atoms with E-state index < -0.39 is 5.97 Å². The van der Waals surface area contributed by atoms with Crippen LogP contribution in [0.1, 0.15) is 21.6 Å². The smallest absolute Gasteiger partial charge is 0.335 e. The highest BCUT2D eigenvalue weighted by Gasteiger charge is 2.16. The Hall–Kier alpha value is -2.99. The normalized spacial score (nSPS) is 10.7. The molecule has 0 radical (unpaired) electrons. The molecule has 0 spiro atoms. The predicted octanol–water partition coefficient (Wildman–Crippen LogP) is 2.43. The maximum absolute atomic E-state index is 11.0. The van der Waals surface area contributed by atoms with Crippen LogP contribution in [0, 0.1) is 6.92 Å². The van der Waals surface area contributed by atoms with Gasteiger partial charge in [0.15, 0.2) is 0 Å². The lowest BCUT2D eigenvalue weighted by atomic mass is 10.1. The number of benzene rings is 2. The van der Waals surface area contributed by atoms with Crippen molar-refractivity contribution < 1.29 is 15.0 Å². The van der Waals surface area contributed by atoms with Gasteiger partial charge in [0.2, 0.25) is 0 Å². The van der Waals surface area contributed by atoms with Crippen molar-refractivity contribution in [2.45, 2.75) is 13.5 Å². The third kappa shape index (κ3) is 2.84. The summed E-state index contributed by atoms with van der Waals surface area (Å²) >= 11 is 0. The van der Waals surface area contributed by atoms with Crippen LogP contribution in [0.2, 0.25) is 0 Å². The summed E-state index contributed by atoms with van der Waals surface area (Å²) in [5.74, 6) is -0.981. The molecule has 0 saturated heterocycles. The Kier molecular flexibility index (Phi) is 3.91. The van der Waals surface area contributed by atoms with Gasteiger partial charge in [0, 0.05) is 5.56 Å². The maximum Gasteiger partial charge on any atom is 0.335 e. The molecule has 0 aliphatic rings. The third-order valence-electron chi connectivity index (χ3n) is 3.54. The number of nitrogens with zero attached hydrogens (tertiary/aromatic N) is 3. The molecule has 116 valence electrons. The minimum absolute atomic E-state index is 0.202. The van der Waals surface area contributed by atoms with Crippen LogP contribution >= 0.6 is 0 Å². The van der Waals surface area contributed by atoms with Crippen LogP contribution in [0.3, 0.4) is 0 Å². The van der Waals surface area contributed by atoms with E-state index in [0.717, 1.165) is 11.1 Å². The van der Waals surface area contributed by atoms with Gasteiger partial charge >= 0.3 is 5.97 Å². The zero-order chi connectivity index (χ0) is 16.4. The lowest BCUT2D eigenvalue weighted by Crippen LogP contribution is -2.02. The van der Waals surface area contributed by atoms with Crippen LogP contribution in [0.4, 0.5) is 0 Å². The summed E-state index contributed by atoms with van der Waals surface area (Å²) in [5, 5.41) is 26.6. The highest BCUT2D eigenvalue weighted by Crippen LogP contribution is 2.26. The SMILES string of the molecule is Cc1cccc(-c2c(CO)nnn2-c2ccc(C(=O)O)cc2)c1. The van der Waals surface area contributed by atoms with Crippen molar-refractivity contribution in [2.75, 3.05) is 0 Å². The Morgan fingerprint density at radius 1 is 1.17 bits per heavy atom. The number of hydrogen-bond acceptors (Lipinski definition) is 4. The fourth-order valence-electron chi connectivity index (χ4n) is 2.43. The number of rotatable bonds is 4. The molecule has 3 rings (SSSR count). The van der Waals surface area contributed by atoms with E-state index in [-0.39, 0.29) is 12.2 Å². The molecule has 0 saturated carbocycles. The van der Waals surface area contributed by atoms with Gasteiger partial charge in [-0.25, -0.2) is 9.48 Å². The molecule has 1 heterocycles. The van der Waals surface area contributed by atoms with Crippen LogP contribution in [0.5, 0.6) is 0 Å². The van der Waals surface area contributed by atoms with Gasteiger partial charge in [0.25, 0.3) is 0 Å². The van der Waals surface area contributed by atoms with Crippen LogP contribution in [0.25, 0.3) is 16.9 Å². The number of aromatic carboxylic acids is 1. The van der Waals surface area contributed by atoms with E-state index in [9.17, 15) is 9.90 Å². The van der Waals surface area contributed by atoms with Gasteiger partial charge in [0.05, 0.1) is 17.9 Å². The van der Waals surface area contributed by atoms with Crippen molar-refractivity contribution in [1.29, 1.82) is 0 Å². The number of aliphatic hydroxyl groups excluding tert-OH is 1. The number of carbonyl (C=O) groups is 1. The summed E-state index contributed by atoms with van der Waals surface area (Å²) in [6, 6.07) is 14.2. The van der Waals surface area contributed by atoms with Gasteiger partial charge in [-0.1, -0.05) is 29.0 Å². The molecular formula is C17H15N3O3. The molecule has 2 N–H and O–H groups in total. The summed E-state index contributed by atoms with van der Waals surface area (Å²) < 4.78 is 1.60. The molecule has 0 bridgehead atoms. The number of carboxylic acids is 1. The first-order valence-electron chi connectivity index (χ1n) is 7.06. The number of aliphatic hydroxyl groups is 1.